The summed E-state index contributed by atoms with van der Waals surface area (Å²) >= 11 is 6.04. The zero-order chi connectivity index (χ0) is 19.6. The Balaban J connectivity index is 1.77. The Hall–Kier alpha value is -3.06. The zero-order valence-electron chi connectivity index (χ0n) is 14.8. The van der Waals surface area contributed by atoms with Gasteiger partial charge in [0.1, 0.15) is 11.3 Å². The molecule has 7 nitrogen and oxygen atoms in total. The number of carbonyl (C=O) groups is 3. The van der Waals surface area contributed by atoms with Crippen molar-refractivity contribution in [3.63, 3.8) is 0 Å². The molecule has 2 N–H and O–H groups in total. The summed E-state index contributed by atoms with van der Waals surface area (Å²) in [4.78, 5) is 37.5. The van der Waals surface area contributed by atoms with Crippen LogP contribution in [0, 0.1) is 0 Å². The number of hydrogen-bond donors (Lipinski definition) is 2. The van der Waals surface area contributed by atoms with Gasteiger partial charge in [0.25, 0.3) is 5.91 Å². The van der Waals surface area contributed by atoms with Crippen LogP contribution in [0.15, 0.2) is 48.5 Å². The molecule has 2 aromatic carbocycles. The van der Waals surface area contributed by atoms with Gasteiger partial charge in [0.05, 0.1) is 13.5 Å². The first-order chi connectivity index (χ1) is 12.8. The van der Waals surface area contributed by atoms with E-state index in [4.69, 9.17) is 16.3 Å². The fourth-order valence-electron chi connectivity index (χ4n) is 2.85. The molecule has 1 aliphatic heterocycles. The lowest BCUT2D eigenvalue weighted by Crippen LogP contribution is -2.48. The summed E-state index contributed by atoms with van der Waals surface area (Å²) in [5.74, 6) is -0.563. The molecule has 0 aliphatic carbocycles. The molecule has 2 aromatic rings. The molecule has 1 fully saturated rings. The largest absolute Gasteiger partial charge is 0.497 e. The number of hydrogen-bond acceptors (Lipinski definition) is 4. The minimum atomic E-state index is -1.32. The Kier molecular flexibility index (Phi) is 5.05. The number of halogens is 1. The fourth-order valence-corrected chi connectivity index (χ4v) is 3.05. The number of ether oxygens (including phenoxy) is 1. The van der Waals surface area contributed by atoms with Gasteiger partial charge in [-0.2, -0.15) is 5.01 Å². The van der Waals surface area contributed by atoms with Crippen LogP contribution in [0.4, 0.5) is 4.79 Å². The Bertz CT molecular complexity index is 917. The Morgan fingerprint density at radius 3 is 2.67 bits per heavy atom. The fraction of sp³-hybridized carbons (Fsp3) is 0.211. The van der Waals surface area contributed by atoms with Gasteiger partial charge in [-0.15, -0.1) is 0 Å². The highest BCUT2D eigenvalue weighted by atomic mass is 35.5. The molecule has 27 heavy (non-hydrogen) atoms. The molecule has 1 heterocycles. The lowest BCUT2D eigenvalue weighted by molar-refractivity contribution is -0.138. The number of nitrogens with one attached hydrogen (secondary N) is 2. The number of carbonyl (C=O) groups excluding carboxylic acids is 3. The van der Waals surface area contributed by atoms with Crippen molar-refractivity contribution in [3.8, 4) is 5.75 Å². The summed E-state index contributed by atoms with van der Waals surface area (Å²) in [5, 5.41) is 3.75. The first kappa shape index (κ1) is 18.7. The van der Waals surface area contributed by atoms with E-state index in [9.17, 15) is 14.4 Å². The second-order valence-corrected chi connectivity index (χ2v) is 6.64. The van der Waals surface area contributed by atoms with Crippen molar-refractivity contribution < 1.29 is 19.1 Å². The van der Waals surface area contributed by atoms with Crippen molar-refractivity contribution in [1.82, 2.24) is 15.8 Å². The first-order valence-electron chi connectivity index (χ1n) is 8.19. The van der Waals surface area contributed by atoms with Crippen LogP contribution in [0.2, 0.25) is 5.02 Å². The second kappa shape index (κ2) is 7.28. The highest BCUT2D eigenvalue weighted by Gasteiger charge is 2.50. The normalized spacial score (nSPS) is 19.0. The number of benzene rings is 2. The van der Waals surface area contributed by atoms with Gasteiger partial charge in [-0.1, -0.05) is 41.9 Å². The van der Waals surface area contributed by atoms with Gasteiger partial charge < -0.3 is 10.1 Å². The van der Waals surface area contributed by atoms with Gasteiger partial charge in [0.15, 0.2) is 0 Å². The van der Waals surface area contributed by atoms with Crippen LogP contribution in [0.1, 0.15) is 18.1 Å². The van der Waals surface area contributed by atoms with Crippen molar-refractivity contribution in [2.45, 2.75) is 18.9 Å². The second-order valence-electron chi connectivity index (χ2n) is 6.23. The summed E-state index contributed by atoms with van der Waals surface area (Å²) in [5.41, 5.74) is 2.18. The maximum Gasteiger partial charge on any atom is 0.344 e. The van der Waals surface area contributed by atoms with Gasteiger partial charge in [-0.3, -0.25) is 15.0 Å². The van der Waals surface area contributed by atoms with E-state index in [1.807, 2.05) is 0 Å². The van der Waals surface area contributed by atoms with Crippen LogP contribution >= 0.6 is 11.6 Å². The molecule has 0 unspecified atom stereocenters. The molecule has 1 atom stereocenters. The van der Waals surface area contributed by atoms with Crippen LogP contribution in [0.5, 0.6) is 5.75 Å². The quantitative estimate of drug-likeness (QED) is 0.771. The molecule has 1 aliphatic rings. The minimum absolute atomic E-state index is 0.0629. The first-order valence-corrected chi connectivity index (χ1v) is 8.57. The lowest BCUT2D eigenvalue weighted by Gasteiger charge is -2.22. The summed E-state index contributed by atoms with van der Waals surface area (Å²) in [7, 11) is 1.51. The van der Waals surface area contributed by atoms with E-state index < -0.39 is 23.4 Å². The Labute approximate surface area is 161 Å². The molecule has 0 spiro atoms. The monoisotopic (exact) mass is 387 g/mol. The average molecular weight is 388 g/mol. The van der Waals surface area contributed by atoms with Crippen LogP contribution in [0.3, 0.4) is 0 Å². The number of urea groups is 1. The Morgan fingerprint density at radius 2 is 1.96 bits per heavy atom. The molecule has 8 heteroatoms. The van der Waals surface area contributed by atoms with Gasteiger partial charge in [-0.05, 0) is 36.2 Å². The number of nitrogens with zero attached hydrogens (tertiary/aromatic N) is 1. The van der Waals surface area contributed by atoms with Gasteiger partial charge in [-0.25, -0.2) is 4.79 Å². The molecular weight excluding hydrogens is 370 g/mol. The van der Waals surface area contributed by atoms with E-state index in [-0.39, 0.29) is 6.42 Å². The van der Waals surface area contributed by atoms with Gasteiger partial charge in [0, 0.05) is 5.02 Å². The molecule has 0 aromatic heterocycles. The highest BCUT2D eigenvalue weighted by molar-refractivity contribution is 6.31. The van der Waals surface area contributed by atoms with Crippen molar-refractivity contribution in [2.75, 3.05) is 7.11 Å². The van der Waals surface area contributed by atoms with Crippen LogP contribution < -0.4 is 15.5 Å². The van der Waals surface area contributed by atoms with E-state index in [0.29, 0.717) is 26.9 Å². The van der Waals surface area contributed by atoms with Crippen LogP contribution in [-0.2, 0) is 21.5 Å². The number of methoxy groups -OCH3 is 1. The van der Waals surface area contributed by atoms with E-state index in [0.717, 1.165) is 0 Å². The maximum absolute atomic E-state index is 12.9. The Morgan fingerprint density at radius 1 is 1.22 bits per heavy atom. The summed E-state index contributed by atoms with van der Waals surface area (Å²) < 4.78 is 5.17. The predicted molar refractivity (Wildman–Crippen MR) is 99.0 cm³/mol. The maximum atomic E-state index is 12.9. The lowest BCUT2D eigenvalue weighted by atomic mass is 9.92. The summed E-state index contributed by atoms with van der Waals surface area (Å²) in [6, 6.07) is 13.0. The molecule has 1 saturated heterocycles. The number of hydrazine groups is 1. The van der Waals surface area contributed by atoms with E-state index >= 15 is 0 Å². The van der Waals surface area contributed by atoms with E-state index in [2.05, 4.69) is 10.7 Å². The topological polar surface area (TPSA) is 87.7 Å². The van der Waals surface area contributed by atoms with Crippen LogP contribution in [-0.4, -0.2) is 30.0 Å². The van der Waals surface area contributed by atoms with E-state index in [1.165, 1.54) is 7.11 Å². The van der Waals surface area contributed by atoms with E-state index in [1.54, 1.807) is 55.5 Å². The number of amides is 4. The van der Waals surface area contributed by atoms with Crippen molar-refractivity contribution in [2.24, 2.45) is 0 Å². The number of rotatable bonds is 5. The smallest absolute Gasteiger partial charge is 0.344 e. The minimum Gasteiger partial charge on any atom is -0.497 e. The molecule has 0 saturated carbocycles. The third-order valence-electron chi connectivity index (χ3n) is 4.38. The summed E-state index contributed by atoms with van der Waals surface area (Å²) in [6.07, 6.45) is -0.0629. The molecular formula is C19H18ClN3O4. The van der Waals surface area contributed by atoms with Crippen molar-refractivity contribution in [3.05, 3.63) is 64.7 Å². The van der Waals surface area contributed by atoms with Gasteiger partial charge in [0.2, 0.25) is 5.91 Å². The third-order valence-corrected chi connectivity index (χ3v) is 4.75. The molecule has 4 amide bonds. The molecule has 0 radical (unpaired) electrons. The number of imide groups is 1. The molecule has 140 valence electrons. The van der Waals surface area contributed by atoms with Crippen molar-refractivity contribution in [1.29, 1.82) is 0 Å². The summed E-state index contributed by atoms with van der Waals surface area (Å²) in [6.45, 7) is 1.57. The zero-order valence-corrected chi connectivity index (χ0v) is 15.5. The van der Waals surface area contributed by atoms with Crippen molar-refractivity contribution >= 4 is 29.4 Å². The average Bonchev–Trinajstić information content (AvgIpc) is 2.88. The standard InChI is InChI=1S/C19H18ClN3O4/c1-19(13-7-5-8-14(11-13)27-2)17(25)23(18(26)21-19)22-16(24)10-12-6-3-4-9-15(12)20/h3-9,11H,10H2,1-2H3,(H,21,26)(H,22,24)/t19-/m0/s1. The predicted octanol–water partition coefficient (Wildman–Crippen LogP) is 2.39. The van der Waals surface area contributed by atoms with Gasteiger partial charge >= 0.3 is 6.03 Å². The third kappa shape index (κ3) is 3.59. The molecule has 0 bridgehead atoms. The highest BCUT2D eigenvalue weighted by Crippen LogP contribution is 2.30. The molecule has 3 rings (SSSR count). The van der Waals surface area contributed by atoms with Crippen LogP contribution in [0.25, 0.3) is 0 Å². The SMILES string of the molecule is COc1cccc([C@]2(C)NC(=O)N(NC(=O)Cc3ccccc3Cl)C2=O)c1.